The highest BCUT2D eigenvalue weighted by molar-refractivity contribution is 5.86. The van der Waals surface area contributed by atoms with Crippen molar-refractivity contribution in [3.8, 4) is 0 Å². The molecule has 2 rings (SSSR count). The van der Waals surface area contributed by atoms with Crippen LogP contribution in [0.1, 0.15) is 24.1 Å². The van der Waals surface area contributed by atoms with Gasteiger partial charge in [-0.2, -0.15) is 0 Å². The number of carbonyl (C=O) groups is 2. The van der Waals surface area contributed by atoms with Gasteiger partial charge in [0.15, 0.2) is 0 Å². The van der Waals surface area contributed by atoms with E-state index in [-0.39, 0.29) is 11.8 Å². The minimum absolute atomic E-state index is 0.0358. The molecule has 1 aliphatic rings. The Kier molecular flexibility index (Phi) is 5.09. The molecule has 2 amide bonds. The van der Waals surface area contributed by atoms with Crippen molar-refractivity contribution < 1.29 is 9.59 Å². The van der Waals surface area contributed by atoms with Crippen molar-refractivity contribution in [1.29, 1.82) is 0 Å². The number of carbonyl (C=O) groups excluding carboxylic acids is 2. The van der Waals surface area contributed by atoms with E-state index in [0.29, 0.717) is 26.2 Å². The third-order valence-corrected chi connectivity index (χ3v) is 3.77. The Bertz CT molecular complexity index is 587. The SMILES string of the molecule is C=CCN(CC=C)C(=O)C1CN(C(C)=O)Cc2cccnc21. The number of amides is 2. The van der Waals surface area contributed by atoms with Gasteiger partial charge in [0.1, 0.15) is 0 Å². The molecule has 0 fully saturated rings. The number of fused-ring (bicyclic) bond motifs is 1. The van der Waals surface area contributed by atoms with Crippen LogP contribution in [0, 0.1) is 0 Å². The zero-order valence-corrected chi connectivity index (χ0v) is 12.9. The van der Waals surface area contributed by atoms with Crippen molar-refractivity contribution in [2.45, 2.75) is 19.4 Å². The van der Waals surface area contributed by atoms with Crippen LogP contribution < -0.4 is 0 Å². The van der Waals surface area contributed by atoms with Crippen LogP contribution in [0.5, 0.6) is 0 Å². The van der Waals surface area contributed by atoms with E-state index < -0.39 is 5.92 Å². The third-order valence-electron chi connectivity index (χ3n) is 3.77. The molecule has 0 N–H and O–H groups in total. The molecule has 0 spiro atoms. The van der Waals surface area contributed by atoms with E-state index in [1.54, 1.807) is 28.1 Å². The number of aromatic nitrogens is 1. The normalized spacial score (nSPS) is 16.6. The molecule has 5 heteroatoms. The molecule has 0 radical (unpaired) electrons. The lowest BCUT2D eigenvalue weighted by atomic mass is 9.93. The highest BCUT2D eigenvalue weighted by Gasteiger charge is 2.34. The van der Waals surface area contributed by atoms with Crippen LogP contribution in [0.4, 0.5) is 0 Å². The van der Waals surface area contributed by atoms with Gasteiger partial charge >= 0.3 is 0 Å². The molecule has 1 aromatic heterocycles. The van der Waals surface area contributed by atoms with E-state index in [1.807, 2.05) is 12.1 Å². The molecule has 0 aromatic carbocycles. The summed E-state index contributed by atoms with van der Waals surface area (Å²) in [5.74, 6) is -0.522. The molecule has 1 aromatic rings. The third kappa shape index (κ3) is 3.24. The lowest BCUT2D eigenvalue weighted by molar-refractivity contribution is -0.135. The quantitative estimate of drug-likeness (QED) is 0.778. The van der Waals surface area contributed by atoms with E-state index in [4.69, 9.17) is 0 Å². The fraction of sp³-hybridized carbons (Fsp3) is 0.353. The van der Waals surface area contributed by atoms with Gasteiger partial charge in [-0.05, 0) is 11.6 Å². The van der Waals surface area contributed by atoms with Crippen LogP contribution in [0.15, 0.2) is 43.6 Å². The number of nitrogens with zero attached hydrogens (tertiary/aromatic N) is 3. The minimum Gasteiger partial charge on any atom is -0.337 e. The van der Waals surface area contributed by atoms with Crippen molar-refractivity contribution in [2.75, 3.05) is 19.6 Å². The summed E-state index contributed by atoms with van der Waals surface area (Å²) in [5, 5.41) is 0. The van der Waals surface area contributed by atoms with Gasteiger partial charge in [-0.15, -0.1) is 13.2 Å². The summed E-state index contributed by atoms with van der Waals surface area (Å²) in [6.45, 7) is 10.7. The van der Waals surface area contributed by atoms with Crippen LogP contribution in [-0.4, -0.2) is 46.2 Å². The standard InChI is InChI=1S/C17H21N3O2/c1-4-9-19(10-5-2)17(22)15-12-20(13(3)21)11-14-7-6-8-18-16(14)15/h4-8,15H,1-2,9-12H2,3H3. The van der Waals surface area contributed by atoms with E-state index >= 15 is 0 Å². The number of hydrogen-bond acceptors (Lipinski definition) is 3. The zero-order valence-electron chi connectivity index (χ0n) is 12.9. The molecule has 116 valence electrons. The minimum atomic E-state index is -0.436. The van der Waals surface area contributed by atoms with Crippen molar-refractivity contribution in [3.05, 3.63) is 54.9 Å². The van der Waals surface area contributed by atoms with E-state index in [1.165, 1.54) is 6.92 Å². The fourth-order valence-electron chi connectivity index (χ4n) is 2.70. The molecule has 0 bridgehead atoms. The maximum Gasteiger partial charge on any atom is 0.234 e. The average Bonchev–Trinajstić information content (AvgIpc) is 2.52. The lowest BCUT2D eigenvalue weighted by Crippen LogP contribution is -2.45. The lowest BCUT2D eigenvalue weighted by Gasteiger charge is -2.34. The van der Waals surface area contributed by atoms with E-state index in [2.05, 4.69) is 18.1 Å². The molecule has 1 unspecified atom stereocenters. The highest BCUT2D eigenvalue weighted by Crippen LogP contribution is 2.28. The van der Waals surface area contributed by atoms with Gasteiger partial charge in [-0.3, -0.25) is 14.6 Å². The predicted molar refractivity (Wildman–Crippen MR) is 85.0 cm³/mol. The summed E-state index contributed by atoms with van der Waals surface area (Å²) in [6, 6.07) is 3.75. The van der Waals surface area contributed by atoms with Crippen LogP contribution in [0.3, 0.4) is 0 Å². The summed E-state index contributed by atoms with van der Waals surface area (Å²) < 4.78 is 0. The molecule has 2 heterocycles. The van der Waals surface area contributed by atoms with Crippen molar-refractivity contribution in [3.63, 3.8) is 0 Å². The van der Waals surface area contributed by atoms with Gasteiger partial charge in [-0.25, -0.2) is 0 Å². The first-order valence-electron chi connectivity index (χ1n) is 7.28. The first kappa shape index (κ1) is 15.9. The predicted octanol–water partition coefficient (Wildman–Crippen LogP) is 1.73. The van der Waals surface area contributed by atoms with Gasteiger partial charge in [-0.1, -0.05) is 18.2 Å². The Morgan fingerprint density at radius 3 is 2.68 bits per heavy atom. The molecule has 5 nitrogen and oxygen atoms in total. The van der Waals surface area contributed by atoms with Gasteiger partial charge in [0, 0.05) is 39.3 Å². The molecule has 1 atom stereocenters. The Hall–Kier alpha value is -2.43. The Morgan fingerprint density at radius 2 is 2.09 bits per heavy atom. The maximum absolute atomic E-state index is 12.9. The largest absolute Gasteiger partial charge is 0.337 e. The van der Waals surface area contributed by atoms with Gasteiger partial charge in [0.2, 0.25) is 11.8 Å². The molecule has 0 aliphatic carbocycles. The zero-order chi connectivity index (χ0) is 16.1. The summed E-state index contributed by atoms with van der Waals surface area (Å²) in [5.41, 5.74) is 1.70. The second-order valence-corrected chi connectivity index (χ2v) is 5.32. The van der Waals surface area contributed by atoms with E-state index in [9.17, 15) is 9.59 Å². The summed E-state index contributed by atoms with van der Waals surface area (Å²) >= 11 is 0. The van der Waals surface area contributed by atoms with Gasteiger partial charge in [0.25, 0.3) is 0 Å². The van der Waals surface area contributed by atoms with Crippen LogP contribution in [0.2, 0.25) is 0 Å². The number of hydrogen-bond donors (Lipinski definition) is 0. The Morgan fingerprint density at radius 1 is 1.41 bits per heavy atom. The van der Waals surface area contributed by atoms with Crippen LogP contribution in [-0.2, 0) is 16.1 Å². The van der Waals surface area contributed by atoms with Crippen molar-refractivity contribution >= 4 is 11.8 Å². The summed E-state index contributed by atoms with van der Waals surface area (Å²) in [4.78, 5) is 32.3. The molecule has 22 heavy (non-hydrogen) atoms. The van der Waals surface area contributed by atoms with Crippen LogP contribution in [0.25, 0.3) is 0 Å². The average molecular weight is 299 g/mol. The Labute approximate surface area is 130 Å². The molecule has 0 saturated carbocycles. The molecular formula is C17H21N3O2. The smallest absolute Gasteiger partial charge is 0.234 e. The molecule has 0 saturated heterocycles. The van der Waals surface area contributed by atoms with E-state index in [0.717, 1.165) is 11.3 Å². The summed E-state index contributed by atoms with van der Waals surface area (Å²) in [7, 11) is 0. The number of pyridine rings is 1. The second-order valence-electron chi connectivity index (χ2n) is 5.32. The fourth-order valence-corrected chi connectivity index (χ4v) is 2.70. The number of rotatable bonds is 5. The van der Waals surface area contributed by atoms with Gasteiger partial charge < -0.3 is 9.80 Å². The topological polar surface area (TPSA) is 53.5 Å². The second kappa shape index (κ2) is 7.02. The van der Waals surface area contributed by atoms with Crippen molar-refractivity contribution in [1.82, 2.24) is 14.8 Å². The monoisotopic (exact) mass is 299 g/mol. The molecular weight excluding hydrogens is 278 g/mol. The first-order chi connectivity index (χ1) is 10.6. The Balaban J connectivity index is 2.34. The first-order valence-corrected chi connectivity index (χ1v) is 7.28. The maximum atomic E-state index is 12.9. The summed E-state index contributed by atoms with van der Waals surface area (Å²) in [6.07, 6.45) is 5.06. The van der Waals surface area contributed by atoms with Crippen LogP contribution >= 0.6 is 0 Å². The highest BCUT2D eigenvalue weighted by atomic mass is 16.2. The van der Waals surface area contributed by atoms with Gasteiger partial charge in [0.05, 0.1) is 11.6 Å². The van der Waals surface area contributed by atoms with Crippen molar-refractivity contribution in [2.24, 2.45) is 0 Å². The molecule has 1 aliphatic heterocycles.